The molecule has 0 saturated heterocycles. The lowest BCUT2D eigenvalue weighted by Crippen LogP contribution is -2.04. The molecule has 0 bridgehead atoms. The van der Waals surface area contributed by atoms with Crippen molar-refractivity contribution < 1.29 is 4.74 Å². The number of pyridine rings is 1. The molecule has 0 aromatic carbocycles. The lowest BCUT2D eigenvalue weighted by Gasteiger charge is -2.09. The minimum Gasteiger partial charge on any atom is -0.376 e. The Bertz CT molecular complexity index is 274. The van der Waals surface area contributed by atoms with Crippen molar-refractivity contribution in [2.24, 2.45) is 5.92 Å². The number of hydrogen-bond donors (Lipinski definition) is 1. The average molecular weight is 194 g/mol. The Kier molecular flexibility index (Phi) is 4.40. The van der Waals surface area contributed by atoms with Gasteiger partial charge in [-0.3, -0.25) is 0 Å². The molecule has 0 saturated carbocycles. The smallest absolute Gasteiger partial charge is 0.131 e. The molecule has 0 unspecified atom stereocenters. The first-order chi connectivity index (χ1) is 6.74. The standard InChI is InChI=1S/C11H18N2O/c1-9(2)7-14-8-10-5-4-6-13-11(10)12-3/h4-6,9H,7-8H2,1-3H3,(H,12,13). The van der Waals surface area contributed by atoms with Crippen molar-refractivity contribution in [2.45, 2.75) is 20.5 Å². The number of anilines is 1. The molecule has 0 aliphatic rings. The number of hydrogen-bond acceptors (Lipinski definition) is 3. The fourth-order valence-corrected chi connectivity index (χ4v) is 1.18. The second kappa shape index (κ2) is 5.60. The summed E-state index contributed by atoms with van der Waals surface area (Å²) >= 11 is 0. The van der Waals surface area contributed by atoms with Crippen LogP contribution in [0.2, 0.25) is 0 Å². The van der Waals surface area contributed by atoms with Crippen LogP contribution in [0.4, 0.5) is 5.82 Å². The van der Waals surface area contributed by atoms with Crippen LogP contribution in [0.3, 0.4) is 0 Å². The number of nitrogens with zero attached hydrogens (tertiary/aromatic N) is 1. The van der Waals surface area contributed by atoms with E-state index < -0.39 is 0 Å². The number of aromatic nitrogens is 1. The van der Waals surface area contributed by atoms with Crippen LogP contribution in [-0.2, 0) is 11.3 Å². The van der Waals surface area contributed by atoms with E-state index in [0.29, 0.717) is 12.5 Å². The largest absolute Gasteiger partial charge is 0.376 e. The summed E-state index contributed by atoms with van der Waals surface area (Å²) in [4.78, 5) is 4.20. The molecule has 0 atom stereocenters. The lowest BCUT2D eigenvalue weighted by molar-refractivity contribution is 0.0973. The summed E-state index contributed by atoms with van der Waals surface area (Å²) in [5.41, 5.74) is 1.11. The van der Waals surface area contributed by atoms with Crippen LogP contribution in [0.25, 0.3) is 0 Å². The van der Waals surface area contributed by atoms with Crippen LogP contribution in [-0.4, -0.2) is 18.6 Å². The zero-order valence-corrected chi connectivity index (χ0v) is 9.08. The van der Waals surface area contributed by atoms with E-state index in [-0.39, 0.29) is 0 Å². The van der Waals surface area contributed by atoms with Gasteiger partial charge in [0.15, 0.2) is 0 Å². The molecule has 1 aromatic rings. The average Bonchev–Trinajstić information content (AvgIpc) is 2.18. The van der Waals surface area contributed by atoms with E-state index >= 15 is 0 Å². The minimum atomic E-state index is 0.574. The van der Waals surface area contributed by atoms with Crippen molar-refractivity contribution in [3.63, 3.8) is 0 Å². The van der Waals surface area contributed by atoms with Gasteiger partial charge >= 0.3 is 0 Å². The molecule has 1 heterocycles. The maximum atomic E-state index is 5.54. The van der Waals surface area contributed by atoms with Crippen molar-refractivity contribution in [3.05, 3.63) is 23.9 Å². The minimum absolute atomic E-state index is 0.574. The zero-order valence-electron chi connectivity index (χ0n) is 9.08. The van der Waals surface area contributed by atoms with Gasteiger partial charge in [-0.05, 0) is 12.0 Å². The zero-order chi connectivity index (χ0) is 10.4. The molecule has 0 aliphatic heterocycles. The molecule has 0 spiro atoms. The number of nitrogens with one attached hydrogen (secondary N) is 1. The molecule has 1 N–H and O–H groups in total. The molecule has 1 aromatic heterocycles. The topological polar surface area (TPSA) is 34.2 Å². The van der Waals surface area contributed by atoms with Crippen molar-refractivity contribution >= 4 is 5.82 Å². The highest BCUT2D eigenvalue weighted by molar-refractivity contribution is 5.42. The fraction of sp³-hybridized carbons (Fsp3) is 0.545. The number of ether oxygens (including phenoxy) is 1. The maximum Gasteiger partial charge on any atom is 0.131 e. The second-order valence-corrected chi connectivity index (χ2v) is 3.67. The van der Waals surface area contributed by atoms with Crippen molar-refractivity contribution in [1.82, 2.24) is 4.98 Å². The molecule has 0 aliphatic carbocycles. The second-order valence-electron chi connectivity index (χ2n) is 3.67. The molecular weight excluding hydrogens is 176 g/mol. The van der Waals surface area contributed by atoms with Gasteiger partial charge in [-0.2, -0.15) is 0 Å². The van der Waals surface area contributed by atoms with E-state index in [0.717, 1.165) is 18.0 Å². The molecule has 0 fully saturated rings. The Labute approximate surface area is 85.5 Å². The Morgan fingerprint density at radius 2 is 2.29 bits per heavy atom. The molecule has 3 heteroatoms. The summed E-state index contributed by atoms with van der Waals surface area (Å²) in [6.07, 6.45) is 1.78. The first kappa shape index (κ1) is 11.0. The quantitative estimate of drug-likeness (QED) is 0.781. The summed E-state index contributed by atoms with van der Waals surface area (Å²) in [5.74, 6) is 1.47. The van der Waals surface area contributed by atoms with E-state index in [1.807, 2.05) is 19.2 Å². The maximum absolute atomic E-state index is 5.54. The highest BCUT2D eigenvalue weighted by Crippen LogP contribution is 2.11. The normalized spacial score (nSPS) is 10.6. The van der Waals surface area contributed by atoms with Gasteiger partial charge in [0, 0.05) is 25.4 Å². The summed E-state index contributed by atoms with van der Waals surface area (Å²) < 4.78 is 5.54. The molecule has 0 amide bonds. The molecule has 1 rings (SSSR count). The van der Waals surface area contributed by atoms with Crippen molar-refractivity contribution in [1.29, 1.82) is 0 Å². The van der Waals surface area contributed by atoms with Gasteiger partial charge in [0.1, 0.15) is 5.82 Å². The van der Waals surface area contributed by atoms with Gasteiger partial charge in [-0.1, -0.05) is 19.9 Å². The predicted octanol–water partition coefficient (Wildman–Crippen LogP) is 2.30. The van der Waals surface area contributed by atoms with Crippen LogP contribution in [0.1, 0.15) is 19.4 Å². The Morgan fingerprint density at radius 3 is 2.93 bits per heavy atom. The molecular formula is C11H18N2O. The fourth-order valence-electron chi connectivity index (χ4n) is 1.18. The Morgan fingerprint density at radius 1 is 1.50 bits per heavy atom. The highest BCUT2D eigenvalue weighted by Gasteiger charge is 2.01. The van der Waals surface area contributed by atoms with Gasteiger partial charge in [-0.15, -0.1) is 0 Å². The van der Waals surface area contributed by atoms with Crippen molar-refractivity contribution in [3.8, 4) is 0 Å². The van der Waals surface area contributed by atoms with Gasteiger partial charge in [0.2, 0.25) is 0 Å². The van der Waals surface area contributed by atoms with Crippen LogP contribution < -0.4 is 5.32 Å². The van der Waals surface area contributed by atoms with E-state index in [9.17, 15) is 0 Å². The van der Waals surface area contributed by atoms with E-state index in [1.54, 1.807) is 6.20 Å². The molecule has 78 valence electrons. The van der Waals surface area contributed by atoms with Crippen LogP contribution in [0.5, 0.6) is 0 Å². The van der Waals surface area contributed by atoms with Crippen molar-refractivity contribution in [2.75, 3.05) is 19.0 Å². The van der Waals surface area contributed by atoms with Gasteiger partial charge in [0.25, 0.3) is 0 Å². The highest BCUT2D eigenvalue weighted by atomic mass is 16.5. The lowest BCUT2D eigenvalue weighted by atomic mass is 10.2. The van der Waals surface area contributed by atoms with E-state index in [2.05, 4.69) is 24.1 Å². The molecule has 14 heavy (non-hydrogen) atoms. The first-order valence-electron chi connectivity index (χ1n) is 4.93. The van der Waals surface area contributed by atoms with Gasteiger partial charge in [-0.25, -0.2) is 4.98 Å². The third-order valence-electron chi connectivity index (χ3n) is 1.84. The summed E-state index contributed by atoms with van der Waals surface area (Å²) in [6.45, 7) is 5.70. The third-order valence-corrected chi connectivity index (χ3v) is 1.84. The predicted molar refractivity (Wildman–Crippen MR) is 58.3 cm³/mol. The summed E-state index contributed by atoms with van der Waals surface area (Å²) in [7, 11) is 1.87. The van der Waals surface area contributed by atoms with Gasteiger partial charge in [0.05, 0.1) is 6.61 Å². The molecule has 0 radical (unpaired) electrons. The SMILES string of the molecule is CNc1ncccc1COCC(C)C. The van der Waals surface area contributed by atoms with Crippen LogP contribution >= 0.6 is 0 Å². The van der Waals surface area contributed by atoms with E-state index in [1.165, 1.54) is 0 Å². The summed E-state index contributed by atoms with van der Waals surface area (Å²) in [5, 5.41) is 3.04. The van der Waals surface area contributed by atoms with Crippen LogP contribution in [0, 0.1) is 5.92 Å². The van der Waals surface area contributed by atoms with Gasteiger partial charge < -0.3 is 10.1 Å². The Balaban J connectivity index is 2.49. The first-order valence-corrected chi connectivity index (χ1v) is 4.93. The third kappa shape index (κ3) is 3.34. The monoisotopic (exact) mass is 194 g/mol. The Hall–Kier alpha value is -1.09. The van der Waals surface area contributed by atoms with E-state index in [4.69, 9.17) is 4.74 Å². The number of rotatable bonds is 5. The summed E-state index contributed by atoms with van der Waals surface area (Å²) in [6, 6.07) is 3.95. The van der Waals surface area contributed by atoms with Crippen LogP contribution in [0.15, 0.2) is 18.3 Å². The molecule has 3 nitrogen and oxygen atoms in total.